The number of hydrogen-bond acceptors (Lipinski definition) is 2. The fourth-order valence-electron chi connectivity index (χ4n) is 0.764. The monoisotopic (exact) mass is 207 g/mol. The Morgan fingerprint density at radius 3 is 2.27 bits per heavy atom. The second-order valence-corrected chi connectivity index (χ2v) is 3.49. The molecule has 84 valence electrons. The minimum Gasteiger partial charge on any atom is -0.237 e. The summed E-state index contributed by atoms with van der Waals surface area (Å²) in [6, 6.07) is 3.71. The first kappa shape index (κ1) is 13.6. The lowest BCUT2D eigenvalue weighted by Gasteiger charge is -1.85. The van der Waals surface area contributed by atoms with Gasteiger partial charge in [0.25, 0.3) is 0 Å². The topological polar surface area (TPSA) is 30.2 Å². The van der Waals surface area contributed by atoms with Crippen LogP contribution in [0.15, 0.2) is 30.7 Å². The quantitative estimate of drug-likeness (QED) is 0.662. The molecule has 0 saturated carbocycles. The van der Waals surface area contributed by atoms with Gasteiger partial charge in [-0.05, 0) is 12.0 Å². The van der Waals surface area contributed by atoms with Crippen LogP contribution in [0.4, 0.5) is 0 Å². The Morgan fingerprint density at radius 2 is 1.73 bits per heavy atom. The van der Waals surface area contributed by atoms with E-state index in [1.807, 2.05) is 32.2 Å². The zero-order chi connectivity index (χ0) is 11.7. The van der Waals surface area contributed by atoms with E-state index in [0.717, 1.165) is 11.6 Å². The maximum atomic E-state index is 4.04. The van der Waals surface area contributed by atoms with Gasteiger partial charge in [-0.25, -0.2) is 9.50 Å². The number of rotatable bonds is 0. The van der Waals surface area contributed by atoms with Crippen molar-refractivity contribution in [2.75, 3.05) is 0 Å². The average Bonchev–Trinajstić information content (AvgIpc) is 2.67. The average molecular weight is 207 g/mol. The van der Waals surface area contributed by atoms with Crippen molar-refractivity contribution in [1.82, 2.24) is 14.6 Å². The molecule has 3 heteroatoms. The molecule has 0 N–H and O–H groups in total. The smallest absolute Gasteiger partial charge is 0.154 e. The Balaban J connectivity index is 0.000000282. The largest absolute Gasteiger partial charge is 0.237 e. The molecule has 2 heterocycles. The molecule has 0 unspecified atom stereocenters. The van der Waals surface area contributed by atoms with Gasteiger partial charge in [-0.15, -0.1) is 0 Å². The van der Waals surface area contributed by atoms with E-state index < -0.39 is 0 Å². The molecule has 2 aromatic rings. The molecule has 3 nitrogen and oxygen atoms in total. The van der Waals surface area contributed by atoms with Crippen molar-refractivity contribution >= 4 is 5.65 Å². The summed E-state index contributed by atoms with van der Waals surface area (Å²) in [6.07, 6.45) is 5.34. The second kappa shape index (κ2) is 7.97. The molecule has 0 amide bonds. The van der Waals surface area contributed by atoms with Crippen molar-refractivity contribution in [3.8, 4) is 0 Å². The van der Waals surface area contributed by atoms with Crippen LogP contribution in [0.25, 0.3) is 5.65 Å². The molecule has 2 aromatic heterocycles. The predicted octanol–water partition coefficient (Wildman–Crippen LogP) is 3.42. The zero-order valence-corrected chi connectivity index (χ0v) is 10.3. The summed E-state index contributed by atoms with van der Waals surface area (Å²) >= 11 is 0. The first-order chi connectivity index (χ1) is 7.20. The summed E-state index contributed by atoms with van der Waals surface area (Å²) in [4.78, 5) is 4.04. The molecule has 0 spiro atoms. The van der Waals surface area contributed by atoms with Crippen LogP contribution in [0.5, 0.6) is 0 Å². The zero-order valence-electron chi connectivity index (χ0n) is 10.3. The predicted molar refractivity (Wildman–Crippen MR) is 64.8 cm³/mol. The van der Waals surface area contributed by atoms with Crippen LogP contribution >= 0.6 is 0 Å². The molecule has 0 aromatic carbocycles. The Bertz CT molecular complexity index is 319. The summed E-state index contributed by atoms with van der Waals surface area (Å²) in [5.74, 6) is 0.833. The third kappa shape index (κ3) is 5.83. The summed E-state index contributed by atoms with van der Waals surface area (Å²) in [7, 11) is 0. The van der Waals surface area contributed by atoms with Gasteiger partial charge in [0.1, 0.15) is 0 Å². The van der Waals surface area contributed by atoms with E-state index in [1.165, 1.54) is 0 Å². The third-order valence-corrected chi connectivity index (χ3v) is 1.17. The maximum absolute atomic E-state index is 4.04. The number of fused-ring (bicyclic) bond motifs is 1. The van der Waals surface area contributed by atoms with Gasteiger partial charge in [-0.1, -0.05) is 34.6 Å². The standard InChI is InChI=1S/C6H5N3.C4H10.C2H6/c1-3-7-6-2-4-8-9(6)5-1;1-4(2)3;1-2/h1-5H;4H,1-3H3;1-2H3. The molecule has 0 atom stereocenters. The van der Waals surface area contributed by atoms with Crippen molar-refractivity contribution in [2.45, 2.75) is 34.6 Å². The molecule has 0 aliphatic heterocycles. The van der Waals surface area contributed by atoms with Crippen LogP contribution < -0.4 is 0 Å². The van der Waals surface area contributed by atoms with Gasteiger partial charge in [-0.3, -0.25) is 0 Å². The molecule has 2 rings (SSSR count). The number of aromatic nitrogens is 3. The van der Waals surface area contributed by atoms with Crippen molar-refractivity contribution < 1.29 is 0 Å². The lowest BCUT2D eigenvalue weighted by molar-refractivity contribution is 0.737. The molecule has 0 fully saturated rings. The van der Waals surface area contributed by atoms with Crippen molar-refractivity contribution in [2.24, 2.45) is 5.92 Å². The summed E-state index contributed by atoms with van der Waals surface area (Å²) < 4.78 is 1.72. The maximum Gasteiger partial charge on any atom is 0.154 e. The number of hydrogen-bond donors (Lipinski definition) is 0. The molecule has 0 bridgehead atoms. The van der Waals surface area contributed by atoms with E-state index in [-0.39, 0.29) is 0 Å². The van der Waals surface area contributed by atoms with Gasteiger partial charge in [0.05, 0.1) is 6.20 Å². The highest BCUT2D eigenvalue weighted by atomic mass is 15.2. The second-order valence-electron chi connectivity index (χ2n) is 3.49. The lowest BCUT2D eigenvalue weighted by atomic mass is 10.3. The minimum atomic E-state index is 0.833. The van der Waals surface area contributed by atoms with E-state index in [4.69, 9.17) is 0 Å². The fraction of sp³-hybridized carbons (Fsp3) is 0.500. The van der Waals surface area contributed by atoms with Crippen molar-refractivity contribution in [3.05, 3.63) is 30.7 Å². The van der Waals surface area contributed by atoms with Gasteiger partial charge >= 0.3 is 0 Å². The fourth-order valence-corrected chi connectivity index (χ4v) is 0.764. The van der Waals surface area contributed by atoms with Crippen molar-refractivity contribution in [3.63, 3.8) is 0 Å². The molecule has 0 saturated heterocycles. The van der Waals surface area contributed by atoms with E-state index in [0.29, 0.717) is 0 Å². The third-order valence-electron chi connectivity index (χ3n) is 1.17. The van der Waals surface area contributed by atoms with Crippen LogP contribution in [0.2, 0.25) is 0 Å². The Labute approximate surface area is 92.2 Å². The SMILES string of the molecule is CC.CC(C)C.c1cnc2ccnn2c1. The normalized spacial score (nSPS) is 8.93. The Kier molecular flexibility index (Phi) is 7.24. The first-order valence-corrected chi connectivity index (χ1v) is 5.44. The van der Waals surface area contributed by atoms with Gasteiger partial charge < -0.3 is 0 Å². The van der Waals surface area contributed by atoms with Crippen LogP contribution in [0.3, 0.4) is 0 Å². The molecule has 0 aliphatic carbocycles. The van der Waals surface area contributed by atoms with Gasteiger partial charge in [-0.2, -0.15) is 5.10 Å². The highest BCUT2D eigenvalue weighted by Gasteiger charge is 1.87. The molecular weight excluding hydrogens is 186 g/mol. The molecule has 15 heavy (non-hydrogen) atoms. The molecule has 0 aliphatic rings. The highest BCUT2D eigenvalue weighted by Crippen LogP contribution is 1.93. The summed E-state index contributed by atoms with van der Waals surface area (Å²) in [5, 5.41) is 3.97. The van der Waals surface area contributed by atoms with Crippen LogP contribution in [0, 0.1) is 5.92 Å². The Morgan fingerprint density at radius 1 is 1.13 bits per heavy atom. The highest BCUT2D eigenvalue weighted by molar-refractivity contribution is 5.33. The minimum absolute atomic E-state index is 0.833. The lowest BCUT2D eigenvalue weighted by Crippen LogP contribution is -1.85. The number of nitrogens with zero attached hydrogens (tertiary/aromatic N) is 3. The summed E-state index contributed by atoms with van der Waals surface area (Å²) in [5.41, 5.74) is 0.887. The van der Waals surface area contributed by atoms with Crippen LogP contribution in [-0.4, -0.2) is 14.6 Å². The van der Waals surface area contributed by atoms with Gasteiger partial charge in [0.15, 0.2) is 5.65 Å². The van der Waals surface area contributed by atoms with E-state index in [9.17, 15) is 0 Å². The van der Waals surface area contributed by atoms with Gasteiger partial charge in [0, 0.05) is 18.5 Å². The van der Waals surface area contributed by atoms with E-state index >= 15 is 0 Å². The van der Waals surface area contributed by atoms with Gasteiger partial charge in [0.2, 0.25) is 0 Å². The van der Waals surface area contributed by atoms with Crippen molar-refractivity contribution in [1.29, 1.82) is 0 Å². The van der Waals surface area contributed by atoms with E-state index in [2.05, 4.69) is 30.9 Å². The Hall–Kier alpha value is -1.38. The van der Waals surface area contributed by atoms with E-state index in [1.54, 1.807) is 16.9 Å². The van der Waals surface area contributed by atoms with Crippen LogP contribution in [0.1, 0.15) is 34.6 Å². The molecule has 0 radical (unpaired) electrons. The first-order valence-electron chi connectivity index (χ1n) is 5.44. The van der Waals surface area contributed by atoms with Crippen LogP contribution in [-0.2, 0) is 0 Å². The summed E-state index contributed by atoms with van der Waals surface area (Å²) in [6.45, 7) is 10.5. The molecular formula is C12H21N3.